The van der Waals surface area contributed by atoms with Gasteiger partial charge < -0.3 is 31.3 Å². The lowest BCUT2D eigenvalue weighted by atomic mass is 9.78. The number of nitrogens with zero attached hydrogens (tertiary/aromatic N) is 1. The van der Waals surface area contributed by atoms with Crippen molar-refractivity contribution < 1.29 is 33.5 Å². The molecule has 2 rings (SSSR count). The number of nitrogens with two attached hydrogens (primary N) is 1. The van der Waals surface area contributed by atoms with Crippen molar-refractivity contribution in [2.24, 2.45) is 16.6 Å². The van der Waals surface area contributed by atoms with Gasteiger partial charge in [0, 0.05) is 6.54 Å². The van der Waals surface area contributed by atoms with Gasteiger partial charge >= 0.3 is 12.0 Å². The predicted octanol–water partition coefficient (Wildman–Crippen LogP) is 3.10. The number of esters is 1. The predicted molar refractivity (Wildman–Crippen MR) is 166 cm³/mol. The van der Waals surface area contributed by atoms with Gasteiger partial charge in [-0.25, -0.2) is 9.59 Å². The van der Waals surface area contributed by atoms with Crippen molar-refractivity contribution in [3.63, 3.8) is 0 Å². The topological polar surface area (TPSA) is 177 Å². The van der Waals surface area contributed by atoms with Gasteiger partial charge in [0.15, 0.2) is 0 Å². The van der Waals surface area contributed by atoms with Crippen LogP contribution in [-0.2, 0) is 28.7 Å². The van der Waals surface area contributed by atoms with Gasteiger partial charge in [0.2, 0.25) is 17.6 Å². The second-order valence-electron chi connectivity index (χ2n) is 15.0. The van der Waals surface area contributed by atoms with E-state index in [0.29, 0.717) is 32.2 Å². The molecule has 12 nitrogen and oxygen atoms in total. The first-order chi connectivity index (χ1) is 20.2. The number of hydrogen-bond acceptors (Lipinski definition) is 7. The number of carbonyl (C=O) groups is 6. The Morgan fingerprint density at radius 1 is 0.932 bits per heavy atom. The molecule has 250 valence electrons. The Kier molecular flexibility index (Phi) is 12.8. The molecule has 0 aromatic rings. The molecular weight excluding hydrogens is 566 g/mol. The minimum Gasteiger partial charge on any atom is -0.458 e. The molecule has 2 fully saturated rings. The van der Waals surface area contributed by atoms with E-state index < -0.39 is 76.1 Å². The molecule has 5 N–H and O–H groups in total. The maximum absolute atomic E-state index is 14.2. The molecule has 0 aliphatic carbocycles. The van der Waals surface area contributed by atoms with Gasteiger partial charge in [-0.3, -0.25) is 19.2 Å². The van der Waals surface area contributed by atoms with E-state index in [4.69, 9.17) is 10.5 Å². The van der Waals surface area contributed by atoms with Gasteiger partial charge in [-0.1, -0.05) is 73.1 Å². The molecule has 12 heteroatoms. The smallest absolute Gasteiger partial charge is 0.329 e. The Hall–Kier alpha value is -3.18. The van der Waals surface area contributed by atoms with Crippen LogP contribution in [0.2, 0.25) is 0 Å². The zero-order valence-corrected chi connectivity index (χ0v) is 28.0. The standard InChI is InChI=1S/C32H55N5O7/c1-30(2,3)24(28(42)44-31(4,5)6)36-29(43)35-23-27(41)37-19-15-17-21(37)26(40)34-20(22(38)25(33)39)16-13-11-9-10-12-14-18-32(23,7)8/h20-21,23-24H,9-19H2,1-8H3,(H2,33,39)(H,34,40)(H2,35,36,43)/t20-,21?,23+,24+/m0/s1. The monoisotopic (exact) mass is 621 g/mol. The van der Waals surface area contributed by atoms with Crippen molar-refractivity contribution in [2.75, 3.05) is 6.54 Å². The highest BCUT2D eigenvalue weighted by Crippen LogP contribution is 2.32. The quantitative estimate of drug-likeness (QED) is 0.269. The van der Waals surface area contributed by atoms with E-state index in [0.717, 1.165) is 32.1 Å². The average Bonchev–Trinajstić information content (AvgIpc) is 3.38. The maximum atomic E-state index is 14.2. The Morgan fingerprint density at radius 3 is 2.09 bits per heavy atom. The number of amides is 5. The van der Waals surface area contributed by atoms with E-state index in [2.05, 4.69) is 16.0 Å². The summed E-state index contributed by atoms with van der Waals surface area (Å²) in [6.07, 6.45) is 6.99. The van der Waals surface area contributed by atoms with Gasteiger partial charge in [-0.05, 0) is 57.3 Å². The Labute approximate surface area is 262 Å². The summed E-state index contributed by atoms with van der Waals surface area (Å²) >= 11 is 0. The number of ketones is 1. The number of carbonyl (C=O) groups excluding carboxylic acids is 6. The fraction of sp³-hybridized carbons (Fsp3) is 0.812. The summed E-state index contributed by atoms with van der Waals surface area (Å²) in [5.41, 5.74) is 3.13. The van der Waals surface area contributed by atoms with Crippen LogP contribution in [-0.4, -0.2) is 76.7 Å². The van der Waals surface area contributed by atoms with Gasteiger partial charge in [0.05, 0.1) is 6.04 Å². The summed E-state index contributed by atoms with van der Waals surface area (Å²) in [5.74, 6) is -3.49. The fourth-order valence-corrected chi connectivity index (χ4v) is 5.84. The van der Waals surface area contributed by atoms with Crippen LogP contribution in [0.4, 0.5) is 4.79 Å². The van der Waals surface area contributed by atoms with Crippen LogP contribution in [0.15, 0.2) is 0 Å². The normalized spacial score (nSPS) is 24.8. The van der Waals surface area contributed by atoms with Crippen molar-refractivity contribution in [1.82, 2.24) is 20.9 Å². The molecule has 2 aliphatic rings. The van der Waals surface area contributed by atoms with Crippen molar-refractivity contribution >= 4 is 35.5 Å². The number of fused-ring (bicyclic) bond motifs is 1. The van der Waals surface area contributed by atoms with Gasteiger partial charge in [-0.2, -0.15) is 0 Å². The summed E-state index contributed by atoms with van der Waals surface area (Å²) in [6.45, 7) is 14.8. The first-order valence-electron chi connectivity index (χ1n) is 16.0. The Balaban J connectivity index is 2.39. The molecule has 5 amide bonds. The highest BCUT2D eigenvalue weighted by Gasteiger charge is 2.45. The third kappa shape index (κ3) is 10.8. The van der Waals surface area contributed by atoms with Crippen molar-refractivity contribution in [2.45, 2.75) is 149 Å². The average molecular weight is 622 g/mol. The van der Waals surface area contributed by atoms with Gasteiger partial charge in [0.1, 0.15) is 23.7 Å². The highest BCUT2D eigenvalue weighted by molar-refractivity contribution is 6.37. The molecule has 2 aliphatic heterocycles. The highest BCUT2D eigenvalue weighted by atomic mass is 16.6. The first kappa shape index (κ1) is 37.0. The van der Waals surface area contributed by atoms with Crippen molar-refractivity contribution in [3.8, 4) is 0 Å². The second kappa shape index (κ2) is 15.2. The molecule has 2 saturated heterocycles. The molecule has 1 unspecified atom stereocenters. The summed E-state index contributed by atoms with van der Waals surface area (Å²) in [6, 6.07) is -4.61. The molecule has 0 aromatic carbocycles. The van der Waals surface area contributed by atoms with E-state index in [1.165, 1.54) is 4.90 Å². The molecule has 4 atom stereocenters. The van der Waals surface area contributed by atoms with Crippen LogP contribution < -0.4 is 21.7 Å². The molecule has 2 heterocycles. The first-order valence-corrected chi connectivity index (χ1v) is 16.0. The molecule has 0 radical (unpaired) electrons. The van der Waals surface area contributed by atoms with Crippen LogP contribution in [0.3, 0.4) is 0 Å². The number of Topliss-reactive ketones (excluding diaryl/α,β-unsaturated/α-hetero) is 1. The van der Waals surface area contributed by atoms with Crippen LogP contribution in [0.1, 0.15) is 120 Å². The van der Waals surface area contributed by atoms with Crippen molar-refractivity contribution in [1.29, 1.82) is 0 Å². The summed E-state index contributed by atoms with van der Waals surface area (Å²) in [5, 5.41) is 8.29. The summed E-state index contributed by atoms with van der Waals surface area (Å²) in [7, 11) is 0. The molecular formula is C32H55N5O7. The number of nitrogens with one attached hydrogen (secondary N) is 3. The SMILES string of the molecule is CC(C)(C)OC(=O)[C@@H](NC(=O)N[C@@H]1C(=O)N2CCCC2C(=O)N[C@H](C(=O)C(N)=O)CCCCCCCCC1(C)C)C(C)(C)C. The molecule has 0 aromatic heterocycles. The largest absolute Gasteiger partial charge is 0.458 e. The number of rotatable bonds is 5. The number of ether oxygens (including phenoxy) is 1. The Morgan fingerprint density at radius 2 is 1.52 bits per heavy atom. The number of urea groups is 1. The number of primary amides is 1. The lowest BCUT2D eigenvalue weighted by Crippen LogP contribution is -2.62. The Bertz CT molecular complexity index is 1080. The lowest BCUT2D eigenvalue weighted by molar-refractivity contribution is -0.160. The van der Waals surface area contributed by atoms with Crippen LogP contribution in [0, 0.1) is 10.8 Å². The van der Waals surface area contributed by atoms with Crippen molar-refractivity contribution in [3.05, 3.63) is 0 Å². The van der Waals surface area contributed by atoms with Gasteiger partial charge in [-0.15, -0.1) is 0 Å². The third-order valence-corrected chi connectivity index (χ3v) is 8.37. The maximum Gasteiger partial charge on any atom is 0.329 e. The van der Waals surface area contributed by atoms with E-state index in [-0.39, 0.29) is 6.42 Å². The van der Waals surface area contributed by atoms with Gasteiger partial charge in [0.25, 0.3) is 5.91 Å². The minimum atomic E-state index is -1.11. The molecule has 44 heavy (non-hydrogen) atoms. The summed E-state index contributed by atoms with van der Waals surface area (Å²) in [4.78, 5) is 79.9. The van der Waals surface area contributed by atoms with E-state index in [1.54, 1.807) is 20.8 Å². The lowest BCUT2D eigenvalue weighted by Gasteiger charge is -2.39. The van der Waals surface area contributed by atoms with Crippen LogP contribution in [0.5, 0.6) is 0 Å². The van der Waals surface area contributed by atoms with E-state index in [9.17, 15) is 28.8 Å². The minimum absolute atomic E-state index is 0.290. The molecule has 0 saturated carbocycles. The van der Waals surface area contributed by atoms with Crippen LogP contribution >= 0.6 is 0 Å². The zero-order chi connectivity index (χ0) is 33.5. The van der Waals surface area contributed by atoms with Crippen LogP contribution in [0.25, 0.3) is 0 Å². The fourth-order valence-electron chi connectivity index (χ4n) is 5.84. The zero-order valence-electron chi connectivity index (χ0n) is 28.0. The summed E-state index contributed by atoms with van der Waals surface area (Å²) < 4.78 is 5.57. The molecule has 0 spiro atoms. The van der Waals surface area contributed by atoms with E-state index >= 15 is 0 Å². The second-order valence-corrected chi connectivity index (χ2v) is 15.0. The molecule has 0 bridgehead atoms. The van der Waals surface area contributed by atoms with E-state index in [1.807, 2.05) is 34.6 Å². The third-order valence-electron chi connectivity index (χ3n) is 8.37. The number of hydrogen-bond donors (Lipinski definition) is 4.